The summed E-state index contributed by atoms with van der Waals surface area (Å²) in [5.41, 5.74) is 0. The highest BCUT2D eigenvalue weighted by Gasteiger charge is 2.24. The van der Waals surface area contributed by atoms with Crippen molar-refractivity contribution in [2.75, 3.05) is 0 Å². The summed E-state index contributed by atoms with van der Waals surface area (Å²) in [6.07, 6.45) is 12.1. The summed E-state index contributed by atoms with van der Waals surface area (Å²) in [6, 6.07) is 2.85. The lowest BCUT2D eigenvalue weighted by Gasteiger charge is -2.24. The van der Waals surface area contributed by atoms with Gasteiger partial charge in [-0.15, -0.1) is 6.42 Å². The number of nitriles is 1. The van der Waals surface area contributed by atoms with Gasteiger partial charge in [0.15, 0.2) is 0 Å². The Morgan fingerprint density at radius 2 is 2.13 bits per heavy atom. The molecule has 0 heterocycles. The highest BCUT2D eigenvalue weighted by atomic mass is 14.9. The van der Waals surface area contributed by atoms with E-state index >= 15 is 0 Å². The number of hydrogen-bond acceptors (Lipinski definition) is 2. The Kier molecular flexibility index (Phi) is 5.22. The first-order valence-corrected chi connectivity index (χ1v) is 5.93. The molecule has 3 atom stereocenters. The van der Waals surface area contributed by atoms with Gasteiger partial charge in [-0.05, 0) is 19.3 Å². The first kappa shape index (κ1) is 12.1. The normalized spacial score (nSPS) is 28.5. The topological polar surface area (TPSA) is 35.8 Å². The van der Waals surface area contributed by atoms with Crippen LogP contribution in [-0.2, 0) is 0 Å². The predicted molar refractivity (Wildman–Crippen MR) is 62.0 cm³/mol. The van der Waals surface area contributed by atoms with Crippen molar-refractivity contribution < 1.29 is 0 Å². The zero-order valence-electron chi connectivity index (χ0n) is 9.50. The average Bonchev–Trinajstić information content (AvgIpc) is 2.50. The molecule has 0 spiro atoms. The molecule has 1 N–H and O–H groups in total. The van der Waals surface area contributed by atoms with Crippen LogP contribution < -0.4 is 5.32 Å². The van der Waals surface area contributed by atoms with E-state index in [-0.39, 0.29) is 12.0 Å². The molecule has 0 aliphatic heterocycles. The van der Waals surface area contributed by atoms with Gasteiger partial charge < -0.3 is 0 Å². The molecule has 2 nitrogen and oxygen atoms in total. The molecule has 1 fully saturated rings. The van der Waals surface area contributed by atoms with Crippen molar-refractivity contribution in [1.29, 1.82) is 5.26 Å². The summed E-state index contributed by atoms with van der Waals surface area (Å²) in [4.78, 5) is 0. The van der Waals surface area contributed by atoms with Gasteiger partial charge in [-0.25, -0.2) is 0 Å². The molecule has 0 bridgehead atoms. The van der Waals surface area contributed by atoms with E-state index in [1.54, 1.807) is 0 Å². The molecule has 3 unspecified atom stereocenters. The Labute approximate surface area is 93.1 Å². The molecule has 15 heavy (non-hydrogen) atoms. The van der Waals surface area contributed by atoms with E-state index in [1.165, 1.54) is 19.3 Å². The fourth-order valence-electron chi connectivity index (χ4n) is 2.20. The minimum atomic E-state index is 0.129. The van der Waals surface area contributed by atoms with Crippen molar-refractivity contribution >= 4 is 0 Å². The largest absolute Gasteiger partial charge is 0.300 e. The smallest absolute Gasteiger partial charge is 0.0686 e. The van der Waals surface area contributed by atoms with Crippen molar-refractivity contribution in [3.8, 4) is 18.4 Å². The molecule has 1 saturated carbocycles. The van der Waals surface area contributed by atoms with Crippen LogP contribution in [0.5, 0.6) is 0 Å². The third-order valence-corrected chi connectivity index (χ3v) is 3.21. The highest BCUT2D eigenvalue weighted by Crippen LogP contribution is 2.23. The Morgan fingerprint density at radius 3 is 2.73 bits per heavy atom. The van der Waals surface area contributed by atoms with Crippen LogP contribution in [0.25, 0.3) is 0 Å². The lowest BCUT2D eigenvalue weighted by molar-refractivity contribution is 0.372. The van der Waals surface area contributed by atoms with Gasteiger partial charge in [0, 0.05) is 6.04 Å². The Hall–Kier alpha value is -0.990. The summed E-state index contributed by atoms with van der Waals surface area (Å²) >= 11 is 0. The van der Waals surface area contributed by atoms with Crippen molar-refractivity contribution in [2.24, 2.45) is 5.92 Å². The second-order valence-corrected chi connectivity index (χ2v) is 4.27. The third kappa shape index (κ3) is 3.57. The van der Waals surface area contributed by atoms with E-state index in [1.807, 2.05) is 0 Å². The summed E-state index contributed by atoms with van der Waals surface area (Å²) in [7, 11) is 0. The van der Waals surface area contributed by atoms with Gasteiger partial charge in [-0.2, -0.15) is 5.26 Å². The van der Waals surface area contributed by atoms with Gasteiger partial charge in [-0.1, -0.05) is 32.1 Å². The fourth-order valence-corrected chi connectivity index (χ4v) is 2.20. The predicted octanol–water partition coefficient (Wildman–Crippen LogP) is 2.46. The summed E-state index contributed by atoms with van der Waals surface area (Å²) in [6.45, 7) is 2.08. The van der Waals surface area contributed by atoms with E-state index in [9.17, 15) is 0 Å². The van der Waals surface area contributed by atoms with Crippen molar-refractivity contribution in [2.45, 2.75) is 57.5 Å². The van der Waals surface area contributed by atoms with Crippen LogP contribution in [0.15, 0.2) is 0 Å². The number of nitrogens with one attached hydrogen (secondary N) is 1. The fraction of sp³-hybridized carbons (Fsp3) is 0.769. The van der Waals surface area contributed by atoms with Crippen LogP contribution in [0.3, 0.4) is 0 Å². The van der Waals surface area contributed by atoms with E-state index in [0.29, 0.717) is 6.04 Å². The standard InChI is InChI=1S/C13H20N2/c1-3-12(4-2)15-13-9-7-5-6-8-11(13)10-14/h1,11-13,15H,4-9H2,2H3. The summed E-state index contributed by atoms with van der Waals surface area (Å²) in [5, 5.41) is 12.5. The lowest BCUT2D eigenvalue weighted by atomic mass is 9.95. The van der Waals surface area contributed by atoms with E-state index in [2.05, 4.69) is 24.2 Å². The van der Waals surface area contributed by atoms with Crippen LogP contribution in [0.1, 0.15) is 45.4 Å². The van der Waals surface area contributed by atoms with Crippen LogP contribution in [0, 0.1) is 29.6 Å². The second-order valence-electron chi connectivity index (χ2n) is 4.27. The number of rotatable bonds is 3. The Morgan fingerprint density at radius 1 is 1.40 bits per heavy atom. The van der Waals surface area contributed by atoms with Gasteiger partial charge in [-0.3, -0.25) is 5.32 Å². The van der Waals surface area contributed by atoms with Crippen LogP contribution >= 0.6 is 0 Å². The summed E-state index contributed by atoms with van der Waals surface area (Å²) < 4.78 is 0. The second kappa shape index (κ2) is 6.49. The van der Waals surface area contributed by atoms with Gasteiger partial charge in [0.25, 0.3) is 0 Å². The minimum Gasteiger partial charge on any atom is -0.300 e. The molecular formula is C13H20N2. The first-order valence-electron chi connectivity index (χ1n) is 5.93. The average molecular weight is 204 g/mol. The molecule has 0 amide bonds. The molecule has 2 heteroatoms. The number of nitrogens with zero attached hydrogens (tertiary/aromatic N) is 1. The maximum absolute atomic E-state index is 9.10. The van der Waals surface area contributed by atoms with Crippen molar-refractivity contribution in [3.05, 3.63) is 0 Å². The quantitative estimate of drug-likeness (QED) is 0.566. The van der Waals surface area contributed by atoms with Gasteiger partial charge in [0.2, 0.25) is 0 Å². The zero-order chi connectivity index (χ0) is 11.1. The Bertz CT molecular complexity index is 259. The zero-order valence-corrected chi connectivity index (χ0v) is 9.50. The monoisotopic (exact) mass is 204 g/mol. The molecule has 82 valence electrons. The molecule has 0 aromatic carbocycles. The molecular weight excluding hydrogens is 184 g/mol. The maximum Gasteiger partial charge on any atom is 0.0686 e. The van der Waals surface area contributed by atoms with E-state index in [0.717, 1.165) is 19.3 Å². The van der Waals surface area contributed by atoms with E-state index in [4.69, 9.17) is 11.7 Å². The Balaban J connectivity index is 2.56. The SMILES string of the molecule is C#CC(CC)NC1CCCCCC1C#N. The summed E-state index contributed by atoms with van der Waals surface area (Å²) in [5.74, 6) is 2.89. The minimum absolute atomic E-state index is 0.129. The first-order chi connectivity index (χ1) is 7.31. The van der Waals surface area contributed by atoms with Gasteiger partial charge >= 0.3 is 0 Å². The maximum atomic E-state index is 9.10. The molecule has 1 aliphatic carbocycles. The molecule has 0 aromatic heterocycles. The van der Waals surface area contributed by atoms with Gasteiger partial charge in [0.1, 0.15) is 0 Å². The molecule has 0 saturated heterocycles. The van der Waals surface area contributed by atoms with E-state index < -0.39 is 0 Å². The third-order valence-electron chi connectivity index (χ3n) is 3.21. The highest BCUT2D eigenvalue weighted by molar-refractivity contribution is 5.02. The van der Waals surface area contributed by atoms with Crippen molar-refractivity contribution in [1.82, 2.24) is 5.32 Å². The van der Waals surface area contributed by atoms with Gasteiger partial charge in [0.05, 0.1) is 18.0 Å². The number of hydrogen-bond donors (Lipinski definition) is 1. The van der Waals surface area contributed by atoms with Crippen LogP contribution in [0.2, 0.25) is 0 Å². The molecule has 0 radical (unpaired) electrons. The molecule has 0 aromatic rings. The number of terminal acetylenes is 1. The molecule has 1 aliphatic rings. The van der Waals surface area contributed by atoms with Crippen molar-refractivity contribution in [3.63, 3.8) is 0 Å². The lowest BCUT2D eigenvalue weighted by Crippen LogP contribution is -2.41. The van der Waals surface area contributed by atoms with Crippen LogP contribution in [-0.4, -0.2) is 12.1 Å². The van der Waals surface area contributed by atoms with Crippen LogP contribution in [0.4, 0.5) is 0 Å². The molecule has 1 rings (SSSR count).